The lowest BCUT2D eigenvalue weighted by Crippen LogP contribution is -2.46. The zero-order chi connectivity index (χ0) is 16.0. The van der Waals surface area contributed by atoms with Gasteiger partial charge in [0.1, 0.15) is 0 Å². The molecule has 0 aliphatic heterocycles. The van der Waals surface area contributed by atoms with E-state index < -0.39 is 0 Å². The summed E-state index contributed by atoms with van der Waals surface area (Å²) in [5.41, 5.74) is 1.11. The standard InChI is InChI=1S/C18H26N2O2/c1-5-22-15-7-6-12(11-19-15)16(21)20-14-10-13-8-9-18(14,4)17(13,2)3/h6-7,11,13-14H,5,8-10H2,1-4H3,(H,20,21)/t13-,14+,18-/m1/s1. The predicted octanol–water partition coefficient (Wildman–Crippen LogP) is 3.42. The summed E-state index contributed by atoms with van der Waals surface area (Å²) < 4.78 is 5.31. The molecule has 2 saturated carbocycles. The number of nitrogens with one attached hydrogen (secondary N) is 1. The third-order valence-corrected chi connectivity index (χ3v) is 6.39. The molecule has 0 radical (unpaired) electrons. The van der Waals surface area contributed by atoms with Crippen molar-refractivity contribution < 1.29 is 9.53 Å². The molecule has 1 heterocycles. The van der Waals surface area contributed by atoms with Gasteiger partial charge in [-0.1, -0.05) is 20.8 Å². The Kier molecular flexibility index (Phi) is 3.66. The lowest BCUT2D eigenvalue weighted by molar-refractivity contribution is 0.0825. The molecule has 22 heavy (non-hydrogen) atoms. The molecule has 3 rings (SSSR count). The maximum atomic E-state index is 12.5. The van der Waals surface area contributed by atoms with Crippen molar-refractivity contribution in [3.8, 4) is 5.88 Å². The predicted molar refractivity (Wildman–Crippen MR) is 85.9 cm³/mol. The summed E-state index contributed by atoms with van der Waals surface area (Å²) in [5.74, 6) is 1.26. The van der Waals surface area contributed by atoms with Gasteiger partial charge in [-0.2, -0.15) is 0 Å². The van der Waals surface area contributed by atoms with Gasteiger partial charge in [-0.3, -0.25) is 4.79 Å². The summed E-state index contributed by atoms with van der Waals surface area (Å²) in [6.45, 7) is 9.54. The maximum Gasteiger partial charge on any atom is 0.253 e. The van der Waals surface area contributed by atoms with Crippen LogP contribution >= 0.6 is 0 Å². The molecule has 2 aliphatic carbocycles. The fourth-order valence-corrected chi connectivity index (χ4v) is 4.41. The second-order valence-corrected chi connectivity index (χ2v) is 7.45. The Bertz CT molecular complexity index is 567. The van der Waals surface area contributed by atoms with Crippen molar-refractivity contribution in [2.45, 2.75) is 53.0 Å². The quantitative estimate of drug-likeness (QED) is 0.927. The molecule has 2 fully saturated rings. The zero-order valence-electron chi connectivity index (χ0n) is 14.0. The summed E-state index contributed by atoms with van der Waals surface area (Å²) in [5, 5.41) is 3.25. The van der Waals surface area contributed by atoms with E-state index in [1.54, 1.807) is 18.3 Å². The molecule has 1 amide bonds. The number of carbonyl (C=O) groups excluding carboxylic acids is 1. The minimum atomic E-state index is -0.0230. The SMILES string of the molecule is CCOc1ccc(C(=O)N[C@H]2C[C@H]3CC[C@@]2(C)C3(C)C)cn1. The lowest BCUT2D eigenvalue weighted by Gasteiger charge is -2.39. The monoisotopic (exact) mass is 302 g/mol. The molecule has 0 spiro atoms. The topological polar surface area (TPSA) is 51.2 Å². The summed E-state index contributed by atoms with van der Waals surface area (Å²) in [4.78, 5) is 16.7. The maximum absolute atomic E-state index is 12.5. The van der Waals surface area contributed by atoms with Gasteiger partial charge in [-0.25, -0.2) is 4.98 Å². The van der Waals surface area contributed by atoms with Gasteiger partial charge in [0.25, 0.3) is 5.91 Å². The van der Waals surface area contributed by atoms with E-state index >= 15 is 0 Å². The van der Waals surface area contributed by atoms with Gasteiger partial charge in [-0.05, 0) is 49.0 Å². The summed E-state index contributed by atoms with van der Waals surface area (Å²) in [6, 6.07) is 3.80. The summed E-state index contributed by atoms with van der Waals surface area (Å²) in [6.07, 6.45) is 5.19. The van der Waals surface area contributed by atoms with E-state index in [2.05, 4.69) is 31.1 Å². The number of fused-ring (bicyclic) bond motifs is 2. The van der Waals surface area contributed by atoms with Gasteiger partial charge >= 0.3 is 0 Å². The second kappa shape index (κ2) is 5.25. The zero-order valence-corrected chi connectivity index (χ0v) is 14.0. The number of hydrogen-bond acceptors (Lipinski definition) is 3. The smallest absolute Gasteiger partial charge is 0.253 e. The Morgan fingerprint density at radius 1 is 1.41 bits per heavy atom. The fourth-order valence-electron chi connectivity index (χ4n) is 4.41. The largest absolute Gasteiger partial charge is 0.478 e. The number of hydrogen-bond donors (Lipinski definition) is 1. The van der Waals surface area contributed by atoms with Crippen LogP contribution in [0, 0.1) is 16.7 Å². The fraction of sp³-hybridized carbons (Fsp3) is 0.667. The Morgan fingerprint density at radius 2 is 2.18 bits per heavy atom. The number of aromatic nitrogens is 1. The molecule has 3 atom stereocenters. The molecule has 4 nitrogen and oxygen atoms in total. The highest BCUT2D eigenvalue weighted by Crippen LogP contribution is 2.65. The molecule has 1 aromatic heterocycles. The van der Waals surface area contributed by atoms with Crippen molar-refractivity contribution in [3.63, 3.8) is 0 Å². The molecule has 0 aromatic carbocycles. The first-order chi connectivity index (χ1) is 10.4. The van der Waals surface area contributed by atoms with Gasteiger partial charge in [0.05, 0.1) is 12.2 Å². The van der Waals surface area contributed by atoms with Crippen molar-refractivity contribution in [2.24, 2.45) is 16.7 Å². The van der Waals surface area contributed by atoms with E-state index in [1.807, 2.05) is 6.92 Å². The first kappa shape index (κ1) is 15.3. The van der Waals surface area contributed by atoms with Crippen molar-refractivity contribution >= 4 is 5.91 Å². The number of ether oxygens (including phenoxy) is 1. The average Bonchev–Trinajstić information content (AvgIpc) is 2.81. The van der Waals surface area contributed by atoms with Crippen LogP contribution in [0.2, 0.25) is 0 Å². The third-order valence-electron chi connectivity index (χ3n) is 6.39. The highest BCUT2D eigenvalue weighted by Gasteiger charge is 2.61. The highest BCUT2D eigenvalue weighted by molar-refractivity contribution is 5.94. The van der Waals surface area contributed by atoms with Crippen LogP contribution < -0.4 is 10.1 Å². The van der Waals surface area contributed by atoms with Crippen LogP contribution in [0.5, 0.6) is 5.88 Å². The number of amides is 1. The average molecular weight is 302 g/mol. The van der Waals surface area contributed by atoms with E-state index in [4.69, 9.17) is 4.74 Å². The molecule has 2 aliphatic rings. The minimum Gasteiger partial charge on any atom is -0.478 e. The van der Waals surface area contributed by atoms with Crippen molar-refractivity contribution in [3.05, 3.63) is 23.9 Å². The molecule has 1 aromatic rings. The van der Waals surface area contributed by atoms with Crippen LogP contribution in [0.1, 0.15) is 57.3 Å². The molecular formula is C18H26N2O2. The van der Waals surface area contributed by atoms with Gasteiger partial charge in [0.2, 0.25) is 5.88 Å². The van der Waals surface area contributed by atoms with Gasteiger partial charge in [-0.15, -0.1) is 0 Å². The number of carbonyl (C=O) groups is 1. The van der Waals surface area contributed by atoms with Gasteiger partial charge < -0.3 is 10.1 Å². The van der Waals surface area contributed by atoms with Crippen LogP contribution in [-0.2, 0) is 0 Å². The van der Waals surface area contributed by atoms with Crippen molar-refractivity contribution in [1.82, 2.24) is 10.3 Å². The Morgan fingerprint density at radius 3 is 2.68 bits per heavy atom. The van der Waals surface area contributed by atoms with Crippen LogP contribution in [0.25, 0.3) is 0 Å². The lowest BCUT2D eigenvalue weighted by atomic mass is 9.69. The second-order valence-electron chi connectivity index (χ2n) is 7.45. The van der Waals surface area contributed by atoms with Crippen molar-refractivity contribution in [1.29, 1.82) is 0 Å². The Balaban J connectivity index is 1.70. The molecular weight excluding hydrogens is 276 g/mol. The van der Waals surface area contributed by atoms with E-state index in [1.165, 1.54) is 12.8 Å². The number of rotatable bonds is 4. The number of pyridine rings is 1. The third kappa shape index (κ3) is 2.20. The molecule has 0 saturated heterocycles. The highest BCUT2D eigenvalue weighted by atomic mass is 16.5. The Labute approximate surface area is 132 Å². The van der Waals surface area contributed by atoms with E-state index in [0.717, 1.165) is 12.3 Å². The molecule has 1 N–H and O–H groups in total. The first-order valence-corrected chi connectivity index (χ1v) is 8.28. The van der Waals surface area contributed by atoms with E-state index in [0.29, 0.717) is 23.5 Å². The van der Waals surface area contributed by atoms with Crippen LogP contribution in [0.3, 0.4) is 0 Å². The molecule has 4 heteroatoms. The van der Waals surface area contributed by atoms with Crippen LogP contribution in [-0.4, -0.2) is 23.5 Å². The summed E-state index contributed by atoms with van der Waals surface area (Å²) in [7, 11) is 0. The van der Waals surface area contributed by atoms with Gasteiger partial charge in [0, 0.05) is 18.3 Å². The summed E-state index contributed by atoms with van der Waals surface area (Å²) >= 11 is 0. The first-order valence-electron chi connectivity index (χ1n) is 8.28. The normalized spacial score (nSPS) is 32.0. The number of nitrogens with zero attached hydrogens (tertiary/aromatic N) is 1. The van der Waals surface area contributed by atoms with Gasteiger partial charge in [0.15, 0.2) is 0 Å². The van der Waals surface area contributed by atoms with E-state index in [9.17, 15) is 4.79 Å². The van der Waals surface area contributed by atoms with Crippen LogP contribution in [0.15, 0.2) is 18.3 Å². The Hall–Kier alpha value is -1.58. The molecule has 120 valence electrons. The van der Waals surface area contributed by atoms with Crippen molar-refractivity contribution in [2.75, 3.05) is 6.61 Å². The molecule has 2 bridgehead atoms. The molecule has 0 unspecified atom stereocenters. The van der Waals surface area contributed by atoms with Crippen LogP contribution in [0.4, 0.5) is 0 Å². The van der Waals surface area contributed by atoms with E-state index in [-0.39, 0.29) is 17.4 Å². The minimum absolute atomic E-state index is 0.0230.